The van der Waals surface area contributed by atoms with E-state index in [9.17, 15) is 9.18 Å². The molecule has 2 aromatic carbocycles. The van der Waals surface area contributed by atoms with Crippen LogP contribution in [0.15, 0.2) is 42.5 Å². The van der Waals surface area contributed by atoms with Crippen LogP contribution in [0.4, 0.5) is 4.39 Å². The minimum Gasteiger partial charge on any atom is -0.497 e. The Morgan fingerprint density at radius 3 is 2.31 bits per heavy atom. The fourth-order valence-electron chi connectivity index (χ4n) is 6.41. The summed E-state index contributed by atoms with van der Waals surface area (Å²) in [6, 6.07) is 11.7. The number of carbonyl (C=O) groups is 1. The van der Waals surface area contributed by atoms with Crippen LogP contribution in [-0.2, 0) is 6.42 Å². The van der Waals surface area contributed by atoms with E-state index in [4.69, 9.17) is 4.74 Å². The zero-order chi connectivity index (χ0) is 24.4. The van der Waals surface area contributed by atoms with Crippen molar-refractivity contribution in [2.45, 2.75) is 58.3 Å². The normalized spacial score (nSPS) is 17.8. The van der Waals surface area contributed by atoms with Crippen molar-refractivity contribution < 1.29 is 13.9 Å². The van der Waals surface area contributed by atoms with Crippen LogP contribution in [-0.4, -0.2) is 42.1 Å². The lowest BCUT2D eigenvalue weighted by Crippen LogP contribution is -2.37. The first-order valence-electron chi connectivity index (χ1n) is 13.3. The second-order valence-electron chi connectivity index (χ2n) is 10.4. The maximum absolute atomic E-state index is 13.5. The van der Waals surface area contributed by atoms with Crippen molar-refractivity contribution in [1.29, 1.82) is 0 Å². The molecule has 1 aromatic heterocycles. The van der Waals surface area contributed by atoms with E-state index >= 15 is 0 Å². The van der Waals surface area contributed by atoms with E-state index in [0.29, 0.717) is 5.56 Å². The third-order valence-corrected chi connectivity index (χ3v) is 8.46. The molecule has 2 aliphatic rings. The van der Waals surface area contributed by atoms with E-state index in [1.54, 1.807) is 23.8 Å². The SMILES string of the molecule is COc1ccc2c(c1)c(CCN1CCC(C3CCCCC3)CC1)c(C)n2C(=O)c1ccc(F)cc1.Cl. The van der Waals surface area contributed by atoms with Gasteiger partial charge in [-0.2, -0.15) is 0 Å². The number of fused-ring (bicyclic) bond motifs is 1. The monoisotopic (exact) mass is 512 g/mol. The van der Waals surface area contributed by atoms with Gasteiger partial charge in [-0.1, -0.05) is 32.1 Å². The molecule has 36 heavy (non-hydrogen) atoms. The number of likely N-dealkylation sites (tertiary alicyclic amines) is 1. The van der Waals surface area contributed by atoms with E-state index in [2.05, 4.69) is 4.90 Å². The van der Waals surface area contributed by atoms with Crippen molar-refractivity contribution in [3.05, 3.63) is 65.1 Å². The number of rotatable bonds is 6. The summed E-state index contributed by atoms with van der Waals surface area (Å²) in [5.74, 6) is 2.19. The summed E-state index contributed by atoms with van der Waals surface area (Å²) in [4.78, 5) is 16.1. The molecular weight excluding hydrogens is 475 g/mol. The van der Waals surface area contributed by atoms with E-state index in [1.807, 2.05) is 25.1 Å². The summed E-state index contributed by atoms with van der Waals surface area (Å²) < 4.78 is 20.7. The number of ether oxygens (including phenoxy) is 1. The number of carbonyl (C=O) groups excluding carboxylic acids is 1. The predicted octanol–water partition coefficient (Wildman–Crippen LogP) is 7.04. The fourth-order valence-corrected chi connectivity index (χ4v) is 6.41. The number of nitrogens with zero attached hydrogens (tertiary/aromatic N) is 2. The molecule has 0 N–H and O–H groups in total. The highest BCUT2D eigenvalue weighted by molar-refractivity contribution is 6.04. The zero-order valence-corrected chi connectivity index (χ0v) is 22.3. The highest BCUT2D eigenvalue weighted by atomic mass is 35.5. The number of piperidine rings is 1. The lowest BCUT2D eigenvalue weighted by molar-refractivity contribution is 0.0962. The number of aromatic nitrogens is 1. The van der Waals surface area contributed by atoms with Crippen LogP contribution < -0.4 is 4.74 Å². The summed E-state index contributed by atoms with van der Waals surface area (Å²) in [7, 11) is 1.67. The molecule has 1 aliphatic heterocycles. The van der Waals surface area contributed by atoms with E-state index in [1.165, 1.54) is 75.7 Å². The molecular formula is C30H38ClFN2O2. The smallest absolute Gasteiger partial charge is 0.262 e. The van der Waals surface area contributed by atoms with Gasteiger partial charge in [-0.3, -0.25) is 9.36 Å². The van der Waals surface area contributed by atoms with Gasteiger partial charge < -0.3 is 9.64 Å². The molecule has 5 rings (SSSR count). The van der Waals surface area contributed by atoms with Crippen LogP contribution in [0.1, 0.15) is 66.6 Å². The molecule has 1 aliphatic carbocycles. The first-order chi connectivity index (χ1) is 17.0. The van der Waals surface area contributed by atoms with Crippen LogP contribution in [0.2, 0.25) is 0 Å². The lowest BCUT2D eigenvalue weighted by Gasteiger charge is -2.37. The molecule has 2 heterocycles. The van der Waals surface area contributed by atoms with Gasteiger partial charge in [0.15, 0.2) is 0 Å². The van der Waals surface area contributed by atoms with Gasteiger partial charge >= 0.3 is 0 Å². The standard InChI is InChI=1S/C30H37FN2O2.ClH/c1-21-27(16-19-32-17-14-23(15-18-32)22-6-4-3-5-7-22)28-20-26(35-2)12-13-29(28)33(21)30(34)24-8-10-25(31)11-9-24;/h8-13,20,22-23H,3-7,14-19H2,1-2H3;1H. The van der Waals surface area contributed by atoms with Gasteiger partial charge in [0.1, 0.15) is 11.6 Å². The van der Waals surface area contributed by atoms with Gasteiger partial charge in [-0.25, -0.2) is 4.39 Å². The number of methoxy groups -OCH3 is 1. The summed E-state index contributed by atoms with van der Waals surface area (Å²) in [5.41, 5.74) is 3.52. The van der Waals surface area contributed by atoms with Gasteiger partial charge in [0.25, 0.3) is 5.91 Å². The van der Waals surface area contributed by atoms with Gasteiger partial charge in [-0.05, 0) is 99.1 Å². The highest BCUT2D eigenvalue weighted by Crippen LogP contribution is 2.36. The third-order valence-electron chi connectivity index (χ3n) is 8.46. The Morgan fingerprint density at radius 2 is 1.64 bits per heavy atom. The fraction of sp³-hybridized carbons (Fsp3) is 0.500. The Labute approximate surface area is 220 Å². The van der Waals surface area contributed by atoms with Gasteiger partial charge in [-0.15, -0.1) is 12.4 Å². The Kier molecular flexibility index (Phi) is 8.74. The average Bonchev–Trinajstić information content (AvgIpc) is 3.18. The van der Waals surface area contributed by atoms with E-state index in [-0.39, 0.29) is 24.1 Å². The molecule has 1 saturated carbocycles. The van der Waals surface area contributed by atoms with E-state index in [0.717, 1.165) is 47.1 Å². The summed E-state index contributed by atoms with van der Waals surface area (Å²) >= 11 is 0. The Morgan fingerprint density at radius 1 is 0.972 bits per heavy atom. The molecule has 0 atom stereocenters. The second kappa shape index (κ2) is 11.8. The minimum atomic E-state index is -0.340. The van der Waals surface area contributed by atoms with Crippen molar-refractivity contribution in [2.75, 3.05) is 26.7 Å². The summed E-state index contributed by atoms with van der Waals surface area (Å²) in [6.07, 6.45) is 10.7. The maximum atomic E-state index is 13.5. The second-order valence-corrected chi connectivity index (χ2v) is 10.4. The molecule has 194 valence electrons. The first-order valence-corrected chi connectivity index (χ1v) is 13.3. The lowest BCUT2D eigenvalue weighted by atomic mass is 9.76. The molecule has 6 heteroatoms. The minimum absolute atomic E-state index is 0. The van der Waals surface area contributed by atoms with Crippen molar-refractivity contribution in [1.82, 2.24) is 9.47 Å². The summed E-state index contributed by atoms with van der Waals surface area (Å²) in [6.45, 7) is 5.38. The Balaban J connectivity index is 0.00000304. The third kappa shape index (κ3) is 5.47. The molecule has 2 fully saturated rings. The van der Waals surface area contributed by atoms with Crippen LogP contribution in [0.3, 0.4) is 0 Å². The molecule has 4 nitrogen and oxygen atoms in total. The maximum Gasteiger partial charge on any atom is 0.262 e. The summed E-state index contributed by atoms with van der Waals surface area (Å²) in [5, 5.41) is 1.06. The van der Waals surface area contributed by atoms with Crippen molar-refractivity contribution in [2.24, 2.45) is 11.8 Å². The predicted molar refractivity (Wildman–Crippen MR) is 146 cm³/mol. The number of halogens is 2. The largest absolute Gasteiger partial charge is 0.497 e. The number of hydrogen-bond donors (Lipinski definition) is 0. The number of hydrogen-bond acceptors (Lipinski definition) is 3. The molecule has 0 radical (unpaired) electrons. The van der Waals surface area contributed by atoms with Crippen LogP contribution in [0, 0.1) is 24.6 Å². The van der Waals surface area contributed by atoms with Crippen LogP contribution in [0.5, 0.6) is 5.75 Å². The van der Waals surface area contributed by atoms with Crippen molar-refractivity contribution >= 4 is 29.2 Å². The zero-order valence-electron chi connectivity index (χ0n) is 21.5. The van der Waals surface area contributed by atoms with E-state index < -0.39 is 0 Å². The molecule has 1 saturated heterocycles. The Bertz CT molecular complexity index is 1180. The molecule has 0 amide bonds. The average molecular weight is 513 g/mol. The molecule has 0 unspecified atom stereocenters. The topological polar surface area (TPSA) is 34.5 Å². The van der Waals surface area contributed by atoms with Gasteiger partial charge in [0, 0.05) is 23.2 Å². The van der Waals surface area contributed by atoms with Crippen molar-refractivity contribution in [3.63, 3.8) is 0 Å². The highest BCUT2D eigenvalue weighted by Gasteiger charge is 2.28. The first kappa shape index (κ1) is 26.7. The van der Waals surface area contributed by atoms with Gasteiger partial charge in [0.2, 0.25) is 0 Å². The molecule has 3 aromatic rings. The molecule has 0 bridgehead atoms. The number of benzene rings is 2. The molecule has 0 spiro atoms. The van der Waals surface area contributed by atoms with Gasteiger partial charge in [0.05, 0.1) is 12.6 Å². The van der Waals surface area contributed by atoms with Crippen LogP contribution >= 0.6 is 12.4 Å². The Hall–Kier alpha value is -2.37. The van der Waals surface area contributed by atoms with Crippen molar-refractivity contribution in [3.8, 4) is 5.75 Å². The quantitative estimate of drug-likeness (QED) is 0.355. The van der Waals surface area contributed by atoms with Crippen LogP contribution in [0.25, 0.3) is 10.9 Å².